The topological polar surface area (TPSA) is 56.3 Å². The number of anilines is 1. The Labute approximate surface area is 173 Å². The van der Waals surface area contributed by atoms with E-state index in [-0.39, 0.29) is 5.91 Å². The fourth-order valence-corrected chi connectivity index (χ4v) is 3.46. The second-order valence-electron chi connectivity index (χ2n) is 7.52. The first-order valence-electron chi connectivity index (χ1n) is 10.2. The van der Waals surface area contributed by atoms with Crippen LogP contribution >= 0.6 is 0 Å². The average molecular weight is 398 g/mol. The number of amides is 1. The van der Waals surface area contributed by atoms with Crippen LogP contribution < -0.4 is 4.90 Å². The van der Waals surface area contributed by atoms with E-state index in [1.54, 1.807) is 4.90 Å². The molecular formula is C23H31N3O3. The van der Waals surface area contributed by atoms with Crippen LogP contribution in [0.5, 0.6) is 0 Å². The number of carbonyl (C=O) groups is 1. The van der Waals surface area contributed by atoms with E-state index >= 15 is 0 Å². The molecule has 0 radical (unpaired) electrons. The molecule has 2 aromatic carbocycles. The molecule has 0 saturated carbocycles. The quantitative estimate of drug-likeness (QED) is 0.700. The van der Waals surface area contributed by atoms with Crippen molar-refractivity contribution in [3.05, 3.63) is 66.2 Å². The van der Waals surface area contributed by atoms with Crippen molar-refractivity contribution in [3.8, 4) is 0 Å². The van der Waals surface area contributed by atoms with E-state index in [0.29, 0.717) is 26.3 Å². The molecule has 1 aliphatic rings. The molecule has 2 aromatic rings. The van der Waals surface area contributed by atoms with Gasteiger partial charge in [-0.25, -0.2) is 0 Å². The first-order chi connectivity index (χ1) is 14.1. The Balaban J connectivity index is 1.33. The number of piperazine rings is 1. The Kier molecular flexibility index (Phi) is 8.19. The smallest absolute Gasteiger partial charge is 0.240 e. The van der Waals surface area contributed by atoms with E-state index in [9.17, 15) is 9.90 Å². The molecule has 0 spiro atoms. The molecule has 0 bridgehead atoms. The van der Waals surface area contributed by atoms with Crippen molar-refractivity contribution in [1.82, 2.24) is 9.80 Å². The maximum absolute atomic E-state index is 12.5. The summed E-state index contributed by atoms with van der Waals surface area (Å²) in [6.45, 7) is 5.20. The molecule has 3 rings (SSSR count). The predicted molar refractivity (Wildman–Crippen MR) is 115 cm³/mol. The zero-order valence-electron chi connectivity index (χ0n) is 17.1. The number of aliphatic hydroxyl groups is 1. The third kappa shape index (κ3) is 6.94. The van der Waals surface area contributed by atoms with E-state index in [0.717, 1.165) is 37.4 Å². The Hall–Kier alpha value is -2.25. The summed E-state index contributed by atoms with van der Waals surface area (Å²) >= 11 is 0. The van der Waals surface area contributed by atoms with E-state index in [1.165, 1.54) is 0 Å². The van der Waals surface area contributed by atoms with Crippen molar-refractivity contribution in [2.75, 3.05) is 57.8 Å². The molecule has 29 heavy (non-hydrogen) atoms. The molecule has 1 heterocycles. The predicted octanol–water partition coefficient (Wildman–Crippen LogP) is 1.84. The van der Waals surface area contributed by atoms with Gasteiger partial charge in [0.2, 0.25) is 5.91 Å². The second-order valence-corrected chi connectivity index (χ2v) is 7.52. The van der Waals surface area contributed by atoms with Gasteiger partial charge < -0.3 is 14.7 Å². The average Bonchev–Trinajstić information content (AvgIpc) is 2.76. The van der Waals surface area contributed by atoms with Crippen molar-refractivity contribution < 1.29 is 14.6 Å². The lowest BCUT2D eigenvalue weighted by Gasteiger charge is -2.35. The van der Waals surface area contributed by atoms with Crippen molar-refractivity contribution in [3.63, 3.8) is 0 Å². The van der Waals surface area contributed by atoms with Crippen LogP contribution in [0.4, 0.5) is 5.69 Å². The minimum Gasteiger partial charge on any atom is -0.389 e. The number of benzene rings is 2. The van der Waals surface area contributed by atoms with Gasteiger partial charge in [0.1, 0.15) is 0 Å². The third-order valence-electron chi connectivity index (χ3n) is 5.23. The van der Waals surface area contributed by atoms with E-state index in [2.05, 4.69) is 9.80 Å². The summed E-state index contributed by atoms with van der Waals surface area (Å²) in [6, 6.07) is 19.7. The number of nitrogens with zero attached hydrogens (tertiary/aromatic N) is 3. The Morgan fingerprint density at radius 1 is 1.00 bits per heavy atom. The fraction of sp³-hybridized carbons (Fsp3) is 0.435. The summed E-state index contributed by atoms with van der Waals surface area (Å²) in [4.78, 5) is 18.6. The molecule has 6 nitrogen and oxygen atoms in total. The number of hydrogen-bond donors (Lipinski definition) is 1. The standard InChI is InChI=1S/C23H31N3O3/c1-24(21-10-6-3-7-11-21)23(28)17-26-14-12-25(13-15-26)16-22(27)19-29-18-20-8-4-2-5-9-20/h2-11,22,27H,12-19H2,1H3. The molecule has 1 atom stereocenters. The van der Waals surface area contributed by atoms with E-state index in [4.69, 9.17) is 4.74 Å². The van der Waals surface area contributed by atoms with Gasteiger partial charge in [0.05, 0.1) is 25.9 Å². The summed E-state index contributed by atoms with van der Waals surface area (Å²) < 4.78 is 5.63. The highest BCUT2D eigenvalue weighted by Gasteiger charge is 2.22. The molecule has 1 unspecified atom stereocenters. The lowest BCUT2D eigenvalue weighted by molar-refractivity contribution is -0.120. The molecule has 1 fully saturated rings. The number of likely N-dealkylation sites (N-methyl/N-ethyl adjacent to an activating group) is 1. The largest absolute Gasteiger partial charge is 0.389 e. The third-order valence-corrected chi connectivity index (χ3v) is 5.23. The first-order valence-corrected chi connectivity index (χ1v) is 10.2. The van der Waals surface area contributed by atoms with E-state index < -0.39 is 6.10 Å². The van der Waals surface area contributed by atoms with Crippen molar-refractivity contribution in [2.24, 2.45) is 0 Å². The Bertz CT molecular complexity index is 734. The van der Waals surface area contributed by atoms with Gasteiger partial charge in [-0.1, -0.05) is 48.5 Å². The SMILES string of the molecule is CN(C(=O)CN1CCN(CC(O)COCc2ccccc2)CC1)c1ccccc1. The summed E-state index contributed by atoms with van der Waals surface area (Å²) in [6.07, 6.45) is -0.504. The van der Waals surface area contributed by atoms with Gasteiger partial charge in [-0.2, -0.15) is 0 Å². The lowest BCUT2D eigenvalue weighted by Crippen LogP contribution is -2.51. The molecule has 1 amide bonds. The second kappa shape index (κ2) is 11.1. The summed E-state index contributed by atoms with van der Waals surface area (Å²) in [7, 11) is 1.82. The van der Waals surface area contributed by atoms with Gasteiger partial charge in [-0.15, -0.1) is 0 Å². The van der Waals surface area contributed by atoms with Crippen LogP contribution in [0, 0.1) is 0 Å². The minimum absolute atomic E-state index is 0.0963. The van der Waals surface area contributed by atoms with Crippen LogP contribution in [0.2, 0.25) is 0 Å². The van der Waals surface area contributed by atoms with E-state index in [1.807, 2.05) is 67.7 Å². The van der Waals surface area contributed by atoms with Gasteiger partial charge in [-0.05, 0) is 17.7 Å². The summed E-state index contributed by atoms with van der Waals surface area (Å²) in [5, 5.41) is 10.2. The van der Waals surface area contributed by atoms with Gasteiger partial charge in [0.15, 0.2) is 0 Å². The maximum atomic E-state index is 12.5. The molecule has 1 saturated heterocycles. The number of para-hydroxylation sites is 1. The van der Waals surface area contributed by atoms with Crippen molar-refractivity contribution in [2.45, 2.75) is 12.7 Å². The van der Waals surface area contributed by atoms with Gasteiger partial charge in [0, 0.05) is 45.5 Å². The molecule has 1 aliphatic heterocycles. The monoisotopic (exact) mass is 397 g/mol. The number of rotatable bonds is 9. The first kappa shape index (κ1) is 21.5. The molecule has 6 heteroatoms. The number of hydrogen-bond acceptors (Lipinski definition) is 5. The highest BCUT2D eigenvalue weighted by molar-refractivity contribution is 5.94. The van der Waals surface area contributed by atoms with Crippen LogP contribution in [0.25, 0.3) is 0 Å². The zero-order chi connectivity index (χ0) is 20.5. The minimum atomic E-state index is -0.504. The molecule has 0 aliphatic carbocycles. The zero-order valence-corrected chi connectivity index (χ0v) is 17.1. The molecular weight excluding hydrogens is 366 g/mol. The Morgan fingerprint density at radius 3 is 2.24 bits per heavy atom. The van der Waals surface area contributed by atoms with Gasteiger partial charge in [-0.3, -0.25) is 14.6 Å². The Morgan fingerprint density at radius 2 is 1.59 bits per heavy atom. The van der Waals surface area contributed by atoms with Crippen LogP contribution in [0.15, 0.2) is 60.7 Å². The number of aliphatic hydroxyl groups excluding tert-OH is 1. The number of ether oxygens (including phenoxy) is 1. The van der Waals surface area contributed by atoms with Crippen molar-refractivity contribution >= 4 is 11.6 Å². The summed E-state index contributed by atoms with van der Waals surface area (Å²) in [5.74, 6) is 0.0963. The van der Waals surface area contributed by atoms with Crippen molar-refractivity contribution in [1.29, 1.82) is 0 Å². The normalized spacial score (nSPS) is 16.5. The van der Waals surface area contributed by atoms with Crippen LogP contribution in [0.1, 0.15) is 5.56 Å². The fourth-order valence-electron chi connectivity index (χ4n) is 3.46. The van der Waals surface area contributed by atoms with Crippen LogP contribution in [0.3, 0.4) is 0 Å². The molecule has 156 valence electrons. The highest BCUT2D eigenvalue weighted by Crippen LogP contribution is 2.12. The van der Waals surface area contributed by atoms with Crippen LogP contribution in [-0.4, -0.2) is 79.8 Å². The maximum Gasteiger partial charge on any atom is 0.240 e. The lowest BCUT2D eigenvalue weighted by atomic mass is 10.2. The number of carbonyl (C=O) groups excluding carboxylic acids is 1. The molecule has 0 aromatic heterocycles. The van der Waals surface area contributed by atoms with Gasteiger partial charge >= 0.3 is 0 Å². The highest BCUT2D eigenvalue weighted by atomic mass is 16.5. The van der Waals surface area contributed by atoms with Gasteiger partial charge in [0.25, 0.3) is 0 Å². The van der Waals surface area contributed by atoms with Crippen LogP contribution in [-0.2, 0) is 16.1 Å². The number of β-amino-alcohol motifs (C(OH)–C–C–N with tert-alkyl or cyclic N) is 1. The summed E-state index contributed by atoms with van der Waals surface area (Å²) in [5.41, 5.74) is 2.02. The molecule has 1 N–H and O–H groups in total.